The highest BCUT2D eigenvalue weighted by molar-refractivity contribution is 4.68. The molecule has 1 saturated heterocycles. The maximum Gasteiger partial charge on any atom is 0.0507 e. The number of hydrogen-bond acceptors (Lipinski definition) is 2. The maximum absolute atomic E-state index is 5.35. The van der Waals surface area contributed by atoms with Gasteiger partial charge in [0.2, 0.25) is 0 Å². The third-order valence-corrected chi connectivity index (χ3v) is 2.53. The summed E-state index contributed by atoms with van der Waals surface area (Å²) >= 11 is 0. The molecule has 72 valence electrons. The van der Waals surface area contributed by atoms with E-state index in [0.29, 0.717) is 0 Å². The van der Waals surface area contributed by atoms with E-state index in [2.05, 4.69) is 18.7 Å². The third kappa shape index (κ3) is 3.11. The second-order valence-corrected chi connectivity index (χ2v) is 3.62. The molecule has 1 rings (SSSR count). The van der Waals surface area contributed by atoms with E-state index < -0.39 is 0 Å². The van der Waals surface area contributed by atoms with Crippen LogP contribution in [0.1, 0.15) is 26.7 Å². The summed E-state index contributed by atoms with van der Waals surface area (Å²) in [6.45, 7) is 10.1. The van der Waals surface area contributed by atoms with Gasteiger partial charge in [0, 0.05) is 13.2 Å². The molecule has 0 aromatic rings. The van der Waals surface area contributed by atoms with Gasteiger partial charge >= 0.3 is 0 Å². The predicted octanol–water partition coefficient (Wildman–Crippen LogP) is 1.75. The smallest absolute Gasteiger partial charge is 0.0507 e. The summed E-state index contributed by atoms with van der Waals surface area (Å²) in [5, 5.41) is 0. The number of rotatable bonds is 5. The van der Waals surface area contributed by atoms with Crippen molar-refractivity contribution in [3.63, 3.8) is 0 Å². The lowest BCUT2D eigenvalue weighted by molar-refractivity contribution is 0.169. The second-order valence-electron chi connectivity index (χ2n) is 3.62. The minimum absolute atomic E-state index is 0.802. The molecule has 2 nitrogen and oxygen atoms in total. The third-order valence-electron chi connectivity index (χ3n) is 2.53. The summed E-state index contributed by atoms with van der Waals surface area (Å²) in [4.78, 5) is 2.53. The van der Waals surface area contributed by atoms with Crippen LogP contribution in [-0.4, -0.2) is 37.7 Å². The van der Waals surface area contributed by atoms with Gasteiger partial charge in [-0.05, 0) is 31.8 Å². The number of hydrogen-bond donors (Lipinski definition) is 0. The van der Waals surface area contributed by atoms with Gasteiger partial charge in [-0.3, -0.25) is 0 Å². The average Bonchev–Trinajstić information content (AvgIpc) is 2.56. The molecule has 12 heavy (non-hydrogen) atoms. The fraction of sp³-hybridized carbons (Fsp3) is 1.00. The first-order valence-electron chi connectivity index (χ1n) is 5.16. The molecule has 1 aliphatic rings. The van der Waals surface area contributed by atoms with Gasteiger partial charge in [-0.1, -0.05) is 13.8 Å². The zero-order valence-electron chi connectivity index (χ0n) is 8.38. The summed E-state index contributed by atoms with van der Waals surface area (Å²) in [7, 11) is 0. The van der Waals surface area contributed by atoms with E-state index in [-0.39, 0.29) is 0 Å². The van der Waals surface area contributed by atoms with Crippen molar-refractivity contribution in [1.29, 1.82) is 0 Å². The molecule has 0 bridgehead atoms. The number of nitrogens with zero attached hydrogens (tertiary/aromatic N) is 1. The normalized spacial score (nSPS) is 23.8. The van der Waals surface area contributed by atoms with E-state index in [1.54, 1.807) is 0 Å². The maximum atomic E-state index is 5.35. The van der Waals surface area contributed by atoms with Crippen molar-refractivity contribution in [2.45, 2.75) is 26.7 Å². The van der Waals surface area contributed by atoms with E-state index in [1.807, 2.05) is 0 Å². The number of ether oxygens (including phenoxy) is 1. The van der Waals surface area contributed by atoms with Crippen LogP contribution in [0.15, 0.2) is 0 Å². The zero-order valence-corrected chi connectivity index (χ0v) is 8.38. The molecule has 0 aliphatic carbocycles. The SMILES string of the molecule is CCCN(CC)CC1CCOC1. The van der Waals surface area contributed by atoms with E-state index in [1.165, 1.54) is 32.5 Å². The minimum atomic E-state index is 0.802. The van der Waals surface area contributed by atoms with Crippen LogP contribution in [0.2, 0.25) is 0 Å². The predicted molar refractivity (Wildman–Crippen MR) is 51.3 cm³/mol. The topological polar surface area (TPSA) is 12.5 Å². The summed E-state index contributed by atoms with van der Waals surface area (Å²) in [5.41, 5.74) is 0. The van der Waals surface area contributed by atoms with Crippen molar-refractivity contribution >= 4 is 0 Å². The van der Waals surface area contributed by atoms with Gasteiger partial charge in [0.1, 0.15) is 0 Å². The molecule has 1 fully saturated rings. The van der Waals surface area contributed by atoms with Crippen LogP contribution >= 0.6 is 0 Å². The highest BCUT2D eigenvalue weighted by Crippen LogP contribution is 2.13. The molecule has 1 aliphatic heterocycles. The highest BCUT2D eigenvalue weighted by Gasteiger charge is 2.17. The molecule has 0 spiro atoms. The molecule has 0 aromatic carbocycles. The molecule has 0 radical (unpaired) electrons. The Morgan fingerprint density at radius 2 is 2.25 bits per heavy atom. The second kappa shape index (κ2) is 5.55. The molecular formula is C10H21NO. The van der Waals surface area contributed by atoms with E-state index in [4.69, 9.17) is 4.74 Å². The van der Waals surface area contributed by atoms with Gasteiger partial charge in [0.05, 0.1) is 6.61 Å². The summed E-state index contributed by atoms with van der Waals surface area (Å²) in [5.74, 6) is 0.802. The van der Waals surface area contributed by atoms with E-state index in [9.17, 15) is 0 Å². The Morgan fingerprint density at radius 3 is 2.75 bits per heavy atom. The van der Waals surface area contributed by atoms with Gasteiger partial charge in [-0.2, -0.15) is 0 Å². The lowest BCUT2D eigenvalue weighted by Gasteiger charge is -2.22. The molecule has 0 aromatic heterocycles. The van der Waals surface area contributed by atoms with Crippen LogP contribution in [-0.2, 0) is 4.74 Å². The Bertz CT molecular complexity index is 110. The minimum Gasteiger partial charge on any atom is -0.381 e. The van der Waals surface area contributed by atoms with Gasteiger partial charge < -0.3 is 9.64 Å². The fourth-order valence-electron chi connectivity index (χ4n) is 1.79. The van der Waals surface area contributed by atoms with Crippen molar-refractivity contribution in [1.82, 2.24) is 4.90 Å². The lowest BCUT2D eigenvalue weighted by atomic mass is 10.1. The average molecular weight is 171 g/mol. The molecule has 1 heterocycles. The van der Waals surface area contributed by atoms with Gasteiger partial charge in [0.25, 0.3) is 0 Å². The lowest BCUT2D eigenvalue weighted by Crippen LogP contribution is -2.30. The first-order chi connectivity index (χ1) is 5.86. The molecule has 0 N–H and O–H groups in total. The quantitative estimate of drug-likeness (QED) is 0.625. The first kappa shape index (κ1) is 10.0. The van der Waals surface area contributed by atoms with Crippen molar-refractivity contribution in [3.05, 3.63) is 0 Å². The van der Waals surface area contributed by atoms with Crippen LogP contribution in [0.3, 0.4) is 0 Å². The first-order valence-corrected chi connectivity index (χ1v) is 5.16. The molecule has 2 heteroatoms. The van der Waals surface area contributed by atoms with Crippen molar-refractivity contribution in [2.24, 2.45) is 5.92 Å². The summed E-state index contributed by atoms with van der Waals surface area (Å²) in [6, 6.07) is 0. The van der Waals surface area contributed by atoms with Gasteiger partial charge in [-0.25, -0.2) is 0 Å². The van der Waals surface area contributed by atoms with E-state index in [0.717, 1.165) is 19.1 Å². The van der Waals surface area contributed by atoms with Gasteiger partial charge in [-0.15, -0.1) is 0 Å². The van der Waals surface area contributed by atoms with Crippen LogP contribution in [0.25, 0.3) is 0 Å². The molecule has 0 amide bonds. The molecule has 1 atom stereocenters. The Kier molecular flexibility index (Phi) is 4.62. The Balaban J connectivity index is 2.16. The highest BCUT2D eigenvalue weighted by atomic mass is 16.5. The monoisotopic (exact) mass is 171 g/mol. The van der Waals surface area contributed by atoms with Crippen molar-refractivity contribution < 1.29 is 4.74 Å². The Labute approximate surface area is 75.9 Å². The van der Waals surface area contributed by atoms with E-state index >= 15 is 0 Å². The molecular weight excluding hydrogens is 150 g/mol. The molecule has 0 saturated carbocycles. The van der Waals surface area contributed by atoms with Crippen LogP contribution < -0.4 is 0 Å². The zero-order chi connectivity index (χ0) is 8.81. The van der Waals surface area contributed by atoms with Gasteiger partial charge in [0.15, 0.2) is 0 Å². The Hall–Kier alpha value is -0.0800. The summed E-state index contributed by atoms with van der Waals surface area (Å²) in [6.07, 6.45) is 2.53. The molecule has 1 unspecified atom stereocenters. The standard InChI is InChI=1S/C10H21NO/c1-3-6-11(4-2)8-10-5-7-12-9-10/h10H,3-9H2,1-2H3. The largest absolute Gasteiger partial charge is 0.381 e. The van der Waals surface area contributed by atoms with Crippen LogP contribution in [0, 0.1) is 5.92 Å². The van der Waals surface area contributed by atoms with Crippen LogP contribution in [0.4, 0.5) is 0 Å². The fourth-order valence-corrected chi connectivity index (χ4v) is 1.79. The summed E-state index contributed by atoms with van der Waals surface area (Å²) < 4.78 is 5.35. The van der Waals surface area contributed by atoms with Crippen molar-refractivity contribution in [2.75, 3.05) is 32.8 Å². The van der Waals surface area contributed by atoms with Crippen LogP contribution in [0.5, 0.6) is 0 Å². The van der Waals surface area contributed by atoms with Crippen molar-refractivity contribution in [3.8, 4) is 0 Å². The Morgan fingerprint density at radius 1 is 1.42 bits per heavy atom.